The van der Waals surface area contributed by atoms with Gasteiger partial charge in [0.05, 0.1) is 0 Å². The molecule has 0 bridgehead atoms. The monoisotopic (exact) mass is 286 g/mol. The minimum absolute atomic E-state index is 0.252. The fourth-order valence-corrected chi connectivity index (χ4v) is 1.64. The molecule has 0 N–H and O–H groups in total. The van der Waals surface area contributed by atoms with Gasteiger partial charge in [-0.3, -0.25) is 0 Å². The molecule has 3 heteroatoms. The zero-order valence-electron chi connectivity index (χ0n) is 9.38. The Morgan fingerprint density at radius 1 is 1.31 bits per heavy atom. The molecule has 0 aliphatic carbocycles. The van der Waals surface area contributed by atoms with E-state index in [1.807, 2.05) is 19.1 Å². The number of aryl methyl sites for hydroxylation is 1. The van der Waals surface area contributed by atoms with E-state index in [2.05, 4.69) is 22.0 Å². The summed E-state index contributed by atoms with van der Waals surface area (Å²) in [7, 11) is 0. The third kappa shape index (κ3) is 5.31. The molecule has 1 nitrogen and oxygen atoms in total. The second-order valence-corrected chi connectivity index (χ2v) is 4.37. The number of allylic oxidation sites excluding steroid dienone is 1. The van der Waals surface area contributed by atoms with Gasteiger partial charge in [-0.1, -0.05) is 28.1 Å². The summed E-state index contributed by atoms with van der Waals surface area (Å²) in [6, 6.07) is 4.72. The Kier molecular flexibility index (Phi) is 6.16. The largest absolute Gasteiger partial charge is 0.489 e. The van der Waals surface area contributed by atoms with E-state index < -0.39 is 0 Å². The maximum absolute atomic E-state index is 13.0. The molecule has 1 rings (SSSR count). The van der Waals surface area contributed by atoms with Gasteiger partial charge in [-0.2, -0.15) is 0 Å². The lowest BCUT2D eigenvalue weighted by atomic mass is 10.2. The van der Waals surface area contributed by atoms with Crippen LogP contribution in [-0.4, -0.2) is 11.9 Å². The highest BCUT2D eigenvalue weighted by Crippen LogP contribution is 2.15. The molecular formula is C13H16BrFO. The number of benzene rings is 1. The van der Waals surface area contributed by atoms with Crippen molar-refractivity contribution >= 4 is 15.9 Å². The van der Waals surface area contributed by atoms with Crippen LogP contribution in [0, 0.1) is 12.7 Å². The highest BCUT2D eigenvalue weighted by Gasteiger charge is 1.97. The average molecular weight is 287 g/mol. The zero-order chi connectivity index (χ0) is 11.8. The Morgan fingerprint density at radius 2 is 2.12 bits per heavy atom. The molecule has 0 amide bonds. The van der Waals surface area contributed by atoms with Gasteiger partial charge < -0.3 is 4.74 Å². The summed E-state index contributed by atoms with van der Waals surface area (Å²) >= 11 is 3.36. The topological polar surface area (TPSA) is 9.23 Å². The van der Waals surface area contributed by atoms with Crippen molar-refractivity contribution in [2.24, 2.45) is 0 Å². The lowest BCUT2D eigenvalue weighted by Crippen LogP contribution is -1.94. The van der Waals surface area contributed by atoms with Crippen LogP contribution >= 0.6 is 15.9 Å². The van der Waals surface area contributed by atoms with E-state index in [1.54, 1.807) is 0 Å². The van der Waals surface area contributed by atoms with Crippen molar-refractivity contribution in [3.05, 3.63) is 41.7 Å². The first-order valence-electron chi connectivity index (χ1n) is 5.33. The quantitative estimate of drug-likeness (QED) is 0.432. The van der Waals surface area contributed by atoms with E-state index in [4.69, 9.17) is 4.74 Å². The number of rotatable bonds is 6. The van der Waals surface area contributed by atoms with Crippen LogP contribution in [-0.2, 0) is 0 Å². The molecule has 0 atom stereocenters. The predicted octanol–water partition coefficient (Wildman–Crippen LogP) is 4.24. The molecule has 0 spiro atoms. The maximum atomic E-state index is 13.0. The van der Waals surface area contributed by atoms with Crippen molar-refractivity contribution in [3.8, 4) is 5.75 Å². The van der Waals surface area contributed by atoms with E-state index in [-0.39, 0.29) is 5.82 Å². The van der Waals surface area contributed by atoms with Gasteiger partial charge in [0.25, 0.3) is 0 Å². The first kappa shape index (κ1) is 13.2. The molecule has 0 saturated carbocycles. The molecule has 1 aromatic rings. The lowest BCUT2D eigenvalue weighted by molar-refractivity contribution is 0.360. The van der Waals surface area contributed by atoms with Gasteiger partial charge in [0.15, 0.2) is 0 Å². The van der Waals surface area contributed by atoms with Gasteiger partial charge in [-0.05, 0) is 37.5 Å². The number of hydrogen-bond donors (Lipinski definition) is 0. The van der Waals surface area contributed by atoms with Crippen LogP contribution in [0.25, 0.3) is 0 Å². The molecular weight excluding hydrogens is 271 g/mol. The van der Waals surface area contributed by atoms with Gasteiger partial charge in [0.2, 0.25) is 0 Å². The summed E-state index contributed by atoms with van der Waals surface area (Å²) < 4.78 is 18.4. The van der Waals surface area contributed by atoms with Crippen molar-refractivity contribution in [1.29, 1.82) is 0 Å². The summed E-state index contributed by atoms with van der Waals surface area (Å²) in [4.78, 5) is 0. The van der Waals surface area contributed by atoms with Gasteiger partial charge in [-0.15, -0.1) is 0 Å². The van der Waals surface area contributed by atoms with Gasteiger partial charge >= 0.3 is 0 Å². The number of halogens is 2. The second kappa shape index (κ2) is 7.44. The summed E-state index contributed by atoms with van der Waals surface area (Å²) in [5.74, 6) is 0.334. The third-order valence-corrected chi connectivity index (χ3v) is 2.59. The minimum Gasteiger partial charge on any atom is -0.489 e. The Hall–Kier alpha value is -0.830. The smallest absolute Gasteiger partial charge is 0.127 e. The van der Waals surface area contributed by atoms with E-state index in [0.717, 1.165) is 23.7 Å². The first-order chi connectivity index (χ1) is 7.72. The van der Waals surface area contributed by atoms with E-state index in [1.165, 1.54) is 12.1 Å². The van der Waals surface area contributed by atoms with E-state index in [9.17, 15) is 4.39 Å². The zero-order valence-corrected chi connectivity index (χ0v) is 11.0. The van der Waals surface area contributed by atoms with Crippen LogP contribution in [0.2, 0.25) is 0 Å². The Bertz CT molecular complexity index is 330. The normalized spacial score (nSPS) is 10.9. The number of ether oxygens (including phenoxy) is 1. The first-order valence-corrected chi connectivity index (χ1v) is 6.45. The van der Waals surface area contributed by atoms with Crippen molar-refractivity contribution in [2.75, 3.05) is 11.9 Å². The SMILES string of the molecule is Cc1cc(F)cc(OC/C=C/CCCBr)c1. The Labute approximate surface area is 104 Å². The summed E-state index contributed by atoms with van der Waals surface area (Å²) in [6.07, 6.45) is 6.20. The molecule has 88 valence electrons. The van der Waals surface area contributed by atoms with Crippen molar-refractivity contribution in [2.45, 2.75) is 19.8 Å². The molecule has 0 radical (unpaired) electrons. The van der Waals surface area contributed by atoms with E-state index >= 15 is 0 Å². The second-order valence-electron chi connectivity index (χ2n) is 3.58. The molecule has 0 saturated heterocycles. The molecule has 0 heterocycles. The Morgan fingerprint density at radius 3 is 2.81 bits per heavy atom. The molecule has 0 unspecified atom stereocenters. The number of unbranched alkanes of at least 4 members (excludes halogenated alkanes) is 1. The van der Waals surface area contributed by atoms with Crippen LogP contribution < -0.4 is 4.74 Å². The number of alkyl halides is 1. The van der Waals surface area contributed by atoms with Crippen LogP contribution in [0.3, 0.4) is 0 Å². The molecule has 0 fully saturated rings. The molecule has 16 heavy (non-hydrogen) atoms. The van der Waals surface area contributed by atoms with E-state index in [0.29, 0.717) is 12.4 Å². The molecule has 0 aliphatic heterocycles. The van der Waals surface area contributed by atoms with Gasteiger partial charge in [0.1, 0.15) is 18.2 Å². The van der Waals surface area contributed by atoms with Crippen LogP contribution in [0.1, 0.15) is 18.4 Å². The average Bonchev–Trinajstić information content (AvgIpc) is 2.22. The van der Waals surface area contributed by atoms with Crippen LogP contribution in [0.15, 0.2) is 30.4 Å². The summed E-state index contributed by atoms with van der Waals surface area (Å²) in [5.41, 5.74) is 0.873. The van der Waals surface area contributed by atoms with Crippen molar-refractivity contribution in [1.82, 2.24) is 0 Å². The summed E-state index contributed by atoms with van der Waals surface area (Å²) in [5, 5.41) is 1.02. The molecule has 1 aromatic carbocycles. The predicted molar refractivity (Wildman–Crippen MR) is 68.8 cm³/mol. The van der Waals surface area contributed by atoms with Crippen LogP contribution in [0.4, 0.5) is 4.39 Å². The van der Waals surface area contributed by atoms with Gasteiger partial charge in [0, 0.05) is 11.4 Å². The fraction of sp³-hybridized carbons (Fsp3) is 0.385. The molecule has 0 aromatic heterocycles. The lowest BCUT2D eigenvalue weighted by Gasteiger charge is -2.04. The van der Waals surface area contributed by atoms with Crippen LogP contribution in [0.5, 0.6) is 5.75 Å². The summed E-state index contributed by atoms with van der Waals surface area (Å²) in [6.45, 7) is 2.34. The fourth-order valence-electron chi connectivity index (χ4n) is 1.31. The van der Waals surface area contributed by atoms with Crippen molar-refractivity contribution < 1.29 is 9.13 Å². The number of hydrogen-bond acceptors (Lipinski definition) is 1. The molecule has 0 aliphatic rings. The van der Waals surface area contributed by atoms with Crippen molar-refractivity contribution in [3.63, 3.8) is 0 Å². The Balaban J connectivity index is 2.34. The maximum Gasteiger partial charge on any atom is 0.127 e. The third-order valence-electron chi connectivity index (χ3n) is 2.03. The standard InChI is InChI=1S/C13H16BrFO/c1-11-8-12(15)10-13(9-11)16-7-5-3-2-4-6-14/h3,5,8-10H,2,4,6-7H2,1H3/b5-3+. The van der Waals surface area contributed by atoms with Gasteiger partial charge in [-0.25, -0.2) is 4.39 Å². The highest BCUT2D eigenvalue weighted by atomic mass is 79.9. The highest BCUT2D eigenvalue weighted by molar-refractivity contribution is 9.09. The minimum atomic E-state index is -0.252.